The number of ether oxygens (including phenoxy) is 2. The minimum absolute atomic E-state index is 0.221. The molecule has 1 unspecified atom stereocenters. The van der Waals surface area contributed by atoms with Gasteiger partial charge in [0.25, 0.3) is 0 Å². The van der Waals surface area contributed by atoms with Crippen molar-refractivity contribution < 1.29 is 22.6 Å². The highest BCUT2D eigenvalue weighted by Gasteiger charge is 2.27. The number of rotatable bonds is 8. The van der Waals surface area contributed by atoms with Crippen LogP contribution in [0.3, 0.4) is 0 Å². The Balaban J connectivity index is 2.50. The fourth-order valence-corrected chi connectivity index (χ4v) is 1.85. The van der Waals surface area contributed by atoms with Gasteiger partial charge in [-0.05, 0) is 44.0 Å². The summed E-state index contributed by atoms with van der Waals surface area (Å²) in [6, 6.07) is 5.84. The van der Waals surface area contributed by atoms with Crippen molar-refractivity contribution in [3.8, 4) is 5.75 Å². The van der Waals surface area contributed by atoms with Crippen LogP contribution >= 0.6 is 0 Å². The first-order chi connectivity index (χ1) is 9.83. The molecule has 0 aliphatic heterocycles. The van der Waals surface area contributed by atoms with E-state index in [1.807, 2.05) is 19.1 Å². The fourth-order valence-electron chi connectivity index (χ4n) is 1.85. The molecule has 0 fully saturated rings. The third kappa shape index (κ3) is 6.82. The first-order valence-electron chi connectivity index (χ1n) is 6.94. The maximum Gasteiger partial charge on any atom is 0.411 e. The molecule has 21 heavy (non-hydrogen) atoms. The number of hydrogen-bond donors (Lipinski definition) is 1. The Morgan fingerprint density at radius 2 is 2.00 bits per heavy atom. The van der Waals surface area contributed by atoms with Crippen LogP contribution in [0.5, 0.6) is 5.75 Å². The highest BCUT2D eigenvalue weighted by molar-refractivity contribution is 5.37. The van der Waals surface area contributed by atoms with Crippen molar-refractivity contribution in [1.82, 2.24) is 5.32 Å². The molecule has 0 aromatic heterocycles. The number of nitrogens with one attached hydrogen (secondary N) is 1. The van der Waals surface area contributed by atoms with E-state index in [-0.39, 0.29) is 6.04 Å². The second-order valence-electron chi connectivity index (χ2n) is 4.93. The van der Waals surface area contributed by atoms with E-state index in [0.29, 0.717) is 5.75 Å². The molecule has 0 spiro atoms. The van der Waals surface area contributed by atoms with Gasteiger partial charge < -0.3 is 14.8 Å². The zero-order valence-corrected chi connectivity index (χ0v) is 12.6. The zero-order valence-electron chi connectivity index (χ0n) is 12.6. The third-order valence-corrected chi connectivity index (χ3v) is 2.96. The van der Waals surface area contributed by atoms with Gasteiger partial charge in [0.05, 0.1) is 0 Å². The molecule has 0 amide bonds. The van der Waals surface area contributed by atoms with Gasteiger partial charge in [0.15, 0.2) is 6.79 Å². The quantitative estimate of drug-likeness (QED) is 0.582. The van der Waals surface area contributed by atoms with Gasteiger partial charge in [-0.2, -0.15) is 13.2 Å². The van der Waals surface area contributed by atoms with Crippen molar-refractivity contribution in [2.45, 2.75) is 39.4 Å². The zero-order chi connectivity index (χ0) is 15.9. The van der Waals surface area contributed by atoms with Crippen molar-refractivity contribution >= 4 is 0 Å². The van der Waals surface area contributed by atoms with Gasteiger partial charge in [-0.25, -0.2) is 0 Å². The normalized spacial score (nSPS) is 13.2. The van der Waals surface area contributed by atoms with E-state index in [1.54, 1.807) is 6.07 Å². The van der Waals surface area contributed by atoms with Crippen LogP contribution in [0.25, 0.3) is 0 Å². The molecule has 1 aromatic rings. The first kappa shape index (κ1) is 17.8. The molecule has 6 heteroatoms. The monoisotopic (exact) mass is 305 g/mol. The number of hydrogen-bond acceptors (Lipinski definition) is 3. The van der Waals surface area contributed by atoms with Gasteiger partial charge in [0.2, 0.25) is 0 Å². The predicted octanol–water partition coefficient (Wildman–Crippen LogP) is 3.97. The van der Waals surface area contributed by atoms with E-state index < -0.39 is 19.6 Å². The van der Waals surface area contributed by atoms with E-state index in [2.05, 4.69) is 23.9 Å². The summed E-state index contributed by atoms with van der Waals surface area (Å²) in [5, 5.41) is 3.37. The molecule has 0 radical (unpaired) electrons. The van der Waals surface area contributed by atoms with Gasteiger partial charge in [-0.1, -0.05) is 19.1 Å². The number of benzene rings is 1. The average Bonchev–Trinajstić information content (AvgIpc) is 2.41. The second kappa shape index (κ2) is 8.24. The van der Waals surface area contributed by atoms with Crippen LogP contribution in [-0.4, -0.2) is 26.1 Å². The molecule has 1 atom stereocenters. The van der Waals surface area contributed by atoms with Crippen LogP contribution in [-0.2, 0) is 4.74 Å². The molecule has 3 nitrogen and oxygen atoms in total. The fraction of sp³-hybridized carbons (Fsp3) is 0.600. The van der Waals surface area contributed by atoms with Crippen LogP contribution in [0.2, 0.25) is 0 Å². The lowest BCUT2D eigenvalue weighted by Crippen LogP contribution is -2.20. The van der Waals surface area contributed by atoms with E-state index >= 15 is 0 Å². The Hall–Kier alpha value is -1.27. The molecule has 0 bridgehead atoms. The van der Waals surface area contributed by atoms with Crippen molar-refractivity contribution in [2.75, 3.05) is 19.9 Å². The predicted molar refractivity (Wildman–Crippen MR) is 75.4 cm³/mol. The van der Waals surface area contributed by atoms with E-state index in [1.165, 1.54) is 0 Å². The van der Waals surface area contributed by atoms with Gasteiger partial charge in [0, 0.05) is 6.04 Å². The summed E-state index contributed by atoms with van der Waals surface area (Å²) < 4.78 is 45.4. The van der Waals surface area contributed by atoms with Crippen LogP contribution in [0.15, 0.2) is 18.2 Å². The first-order valence-corrected chi connectivity index (χ1v) is 6.94. The van der Waals surface area contributed by atoms with E-state index in [9.17, 15) is 13.2 Å². The van der Waals surface area contributed by atoms with Crippen LogP contribution < -0.4 is 10.1 Å². The second-order valence-corrected chi connectivity index (χ2v) is 4.93. The van der Waals surface area contributed by atoms with Crippen LogP contribution in [0.4, 0.5) is 13.2 Å². The Labute approximate surface area is 123 Å². The topological polar surface area (TPSA) is 30.5 Å². The summed E-state index contributed by atoms with van der Waals surface area (Å²) >= 11 is 0. The summed E-state index contributed by atoms with van der Waals surface area (Å²) in [4.78, 5) is 0. The summed E-state index contributed by atoms with van der Waals surface area (Å²) in [6.45, 7) is 5.24. The van der Waals surface area contributed by atoms with E-state index in [4.69, 9.17) is 4.74 Å². The largest absolute Gasteiger partial charge is 0.467 e. The maximum absolute atomic E-state index is 11.9. The van der Waals surface area contributed by atoms with Crippen molar-refractivity contribution in [1.29, 1.82) is 0 Å². The number of aryl methyl sites for hydroxylation is 1. The van der Waals surface area contributed by atoms with Crippen molar-refractivity contribution in [2.24, 2.45) is 0 Å². The number of halogens is 3. The molecular weight excluding hydrogens is 283 g/mol. The molecule has 0 saturated heterocycles. The molecule has 1 N–H and O–H groups in total. The summed E-state index contributed by atoms with van der Waals surface area (Å²) in [6.07, 6.45) is -3.27. The van der Waals surface area contributed by atoms with E-state index in [0.717, 1.165) is 24.1 Å². The molecule has 0 heterocycles. The maximum atomic E-state index is 11.9. The Kier molecular flexibility index (Phi) is 6.98. The van der Waals surface area contributed by atoms with Gasteiger partial charge in [0.1, 0.15) is 12.4 Å². The standard InChI is InChI=1S/C15H22F3NO2/c1-4-7-19-12(3)13-5-6-14(11(2)8-13)21-10-20-9-15(16,17)18/h5-6,8,12,19H,4,7,9-10H2,1-3H3. The van der Waals surface area contributed by atoms with Crippen LogP contribution in [0.1, 0.15) is 37.4 Å². The minimum atomic E-state index is -4.33. The molecule has 0 aliphatic rings. The average molecular weight is 305 g/mol. The molecule has 120 valence electrons. The highest BCUT2D eigenvalue weighted by Crippen LogP contribution is 2.23. The lowest BCUT2D eigenvalue weighted by atomic mass is 10.0. The SMILES string of the molecule is CCCNC(C)c1ccc(OCOCC(F)(F)F)c(C)c1. The Morgan fingerprint density at radius 1 is 1.29 bits per heavy atom. The third-order valence-electron chi connectivity index (χ3n) is 2.96. The molecule has 0 saturated carbocycles. The molecule has 0 aliphatic carbocycles. The minimum Gasteiger partial charge on any atom is -0.467 e. The van der Waals surface area contributed by atoms with Crippen molar-refractivity contribution in [3.05, 3.63) is 29.3 Å². The van der Waals surface area contributed by atoms with Gasteiger partial charge >= 0.3 is 6.18 Å². The lowest BCUT2D eigenvalue weighted by Gasteiger charge is -2.16. The number of alkyl halides is 3. The van der Waals surface area contributed by atoms with Crippen LogP contribution in [0, 0.1) is 6.92 Å². The summed E-state index contributed by atoms with van der Waals surface area (Å²) in [7, 11) is 0. The van der Waals surface area contributed by atoms with Crippen molar-refractivity contribution in [3.63, 3.8) is 0 Å². The van der Waals surface area contributed by atoms with Gasteiger partial charge in [-0.15, -0.1) is 0 Å². The van der Waals surface area contributed by atoms with Gasteiger partial charge in [-0.3, -0.25) is 0 Å². The molecule has 1 aromatic carbocycles. The summed E-state index contributed by atoms with van der Waals surface area (Å²) in [5.74, 6) is 0.531. The molecule has 1 rings (SSSR count). The summed E-state index contributed by atoms with van der Waals surface area (Å²) in [5.41, 5.74) is 1.98. The molecular formula is C15H22F3NO2. The Morgan fingerprint density at radius 3 is 2.57 bits per heavy atom. The smallest absolute Gasteiger partial charge is 0.411 e. The Bertz CT molecular complexity index is 435. The lowest BCUT2D eigenvalue weighted by molar-refractivity contribution is -0.186. The highest BCUT2D eigenvalue weighted by atomic mass is 19.4.